The van der Waals surface area contributed by atoms with Gasteiger partial charge in [-0.05, 0) is 12.1 Å². The maximum absolute atomic E-state index is 8.78. The van der Waals surface area contributed by atoms with E-state index in [4.69, 9.17) is 21.6 Å². The monoisotopic (exact) mass is 237 g/mol. The normalized spacial score (nSPS) is 21.6. The number of morpholine rings is 1. The predicted octanol–water partition coefficient (Wildman–Crippen LogP) is 1.46. The summed E-state index contributed by atoms with van der Waals surface area (Å²) in [4.78, 5) is 6.38. The summed E-state index contributed by atoms with van der Waals surface area (Å²) in [6.07, 6.45) is 1.37. The summed E-state index contributed by atoms with van der Waals surface area (Å²) in [6, 6.07) is 5.72. The fraction of sp³-hybridized carbons (Fsp3) is 0.455. The van der Waals surface area contributed by atoms with E-state index < -0.39 is 0 Å². The molecule has 2 heterocycles. The van der Waals surface area contributed by atoms with Crippen LogP contribution in [0.15, 0.2) is 18.3 Å². The second kappa shape index (κ2) is 5.26. The van der Waals surface area contributed by atoms with Crippen LogP contribution in [0.5, 0.6) is 0 Å². The molecule has 0 radical (unpaired) electrons. The molecule has 1 atom stereocenters. The van der Waals surface area contributed by atoms with Gasteiger partial charge in [0.25, 0.3) is 0 Å². The quantitative estimate of drug-likeness (QED) is 0.782. The smallest absolute Gasteiger partial charge is 0.156 e. The van der Waals surface area contributed by atoms with Crippen molar-refractivity contribution in [2.24, 2.45) is 0 Å². The topological polar surface area (TPSA) is 49.2 Å². The summed E-state index contributed by atoms with van der Waals surface area (Å²) in [5.74, 6) is 0. The molecule has 4 nitrogen and oxygen atoms in total. The fourth-order valence-electron chi connectivity index (χ4n) is 1.69. The third-order valence-electron chi connectivity index (χ3n) is 2.46. The first-order valence-electron chi connectivity index (χ1n) is 5.12. The summed E-state index contributed by atoms with van der Waals surface area (Å²) in [5.41, 5.74) is 0.922. The van der Waals surface area contributed by atoms with E-state index in [9.17, 15) is 0 Å². The minimum absolute atomic E-state index is 0.326. The molecule has 1 aliphatic heterocycles. The van der Waals surface area contributed by atoms with Crippen LogP contribution in [0, 0.1) is 11.3 Å². The molecule has 1 saturated heterocycles. The Morgan fingerprint density at radius 1 is 1.69 bits per heavy atom. The van der Waals surface area contributed by atoms with Gasteiger partial charge in [-0.2, -0.15) is 5.26 Å². The molecule has 0 bridgehead atoms. The molecule has 84 valence electrons. The highest BCUT2D eigenvalue weighted by Gasteiger charge is 2.20. The lowest BCUT2D eigenvalue weighted by Gasteiger charge is -2.29. The first kappa shape index (κ1) is 11.3. The summed E-state index contributed by atoms with van der Waals surface area (Å²) < 4.78 is 5.27. The zero-order valence-electron chi connectivity index (χ0n) is 8.77. The molecule has 16 heavy (non-hydrogen) atoms. The third kappa shape index (κ3) is 2.92. The van der Waals surface area contributed by atoms with Gasteiger partial charge in [-0.1, -0.05) is 11.6 Å². The number of aromatic nitrogens is 1. The summed E-state index contributed by atoms with van der Waals surface area (Å²) in [6.45, 7) is 2.76. The van der Waals surface area contributed by atoms with E-state index in [0.29, 0.717) is 24.7 Å². The molecule has 0 aromatic carbocycles. The van der Waals surface area contributed by atoms with Gasteiger partial charge >= 0.3 is 0 Å². The Morgan fingerprint density at radius 2 is 2.56 bits per heavy atom. The Balaban J connectivity index is 1.97. The van der Waals surface area contributed by atoms with Gasteiger partial charge in [0.15, 0.2) is 6.10 Å². The maximum Gasteiger partial charge on any atom is 0.156 e. The van der Waals surface area contributed by atoms with Crippen molar-refractivity contribution in [2.45, 2.75) is 12.6 Å². The Hall–Kier alpha value is -1.15. The average molecular weight is 238 g/mol. The molecule has 1 aliphatic rings. The van der Waals surface area contributed by atoms with Crippen molar-refractivity contribution < 1.29 is 4.74 Å². The highest BCUT2D eigenvalue weighted by Crippen LogP contribution is 2.12. The van der Waals surface area contributed by atoms with Gasteiger partial charge in [-0.15, -0.1) is 0 Å². The highest BCUT2D eigenvalue weighted by molar-refractivity contribution is 6.30. The van der Waals surface area contributed by atoms with E-state index in [0.717, 1.165) is 12.2 Å². The first-order chi connectivity index (χ1) is 7.78. The number of hydrogen-bond donors (Lipinski definition) is 0. The number of rotatable bonds is 2. The molecule has 0 saturated carbocycles. The molecule has 1 aromatic rings. The molecule has 5 heteroatoms. The molecule has 0 amide bonds. The minimum Gasteiger partial charge on any atom is -0.361 e. The van der Waals surface area contributed by atoms with Gasteiger partial charge in [0.05, 0.1) is 18.4 Å². The van der Waals surface area contributed by atoms with Gasteiger partial charge < -0.3 is 4.74 Å². The number of nitriles is 1. The fourth-order valence-corrected chi connectivity index (χ4v) is 1.87. The van der Waals surface area contributed by atoms with E-state index >= 15 is 0 Å². The van der Waals surface area contributed by atoms with Gasteiger partial charge in [0.1, 0.15) is 0 Å². The van der Waals surface area contributed by atoms with Crippen molar-refractivity contribution in [3.8, 4) is 6.07 Å². The van der Waals surface area contributed by atoms with E-state index in [2.05, 4.69) is 16.0 Å². The molecule has 1 aromatic heterocycles. The van der Waals surface area contributed by atoms with Crippen LogP contribution in [0.25, 0.3) is 0 Å². The Labute approximate surface area is 99.4 Å². The lowest BCUT2D eigenvalue weighted by Crippen LogP contribution is -2.41. The van der Waals surface area contributed by atoms with E-state index in [1.165, 1.54) is 0 Å². The average Bonchev–Trinajstić information content (AvgIpc) is 2.29. The number of nitrogens with zero attached hydrogens (tertiary/aromatic N) is 3. The van der Waals surface area contributed by atoms with Crippen molar-refractivity contribution >= 4 is 11.6 Å². The van der Waals surface area contributed by atoms with E-state index in [1.807, 2.05) is 6.07 Å². The van der Waals surface area contributed by atoms with Crippen LogP contribution in [0.2, 0.25) is 5.02 Å². The number of hydrogen-bond acceptors (Lipinski definition) is 4. The van der Waals surface area contributed by atoms with Crippen LogP contribution >= 0.6 is 11.6 Å². The van der Waals surface area contributed by atoms with Crippen molar-refractivity contribution in [3.05, 3.63) is 29.0 Å². The van der Waals surface area contributed by atoms with Crippen LogP contribution in [0.4, 0.5) is 0 Å². The summed E-state index contributed by atoms with van der Waals surface area (Å²) >= 11 is 5.88. The molecular weight excluding hydrogens is 226 g/mol. The molecular formula is C11H12ClN3O. The minimum atomic E-state index is -0.326. The Kier molecular flexibility index (Phi) is 3.73. The van der Waals surface area contributed by atoms with E-state index in [1.54, 1.807) is 12.3 Å². The highest BCUT2D eigenvalue weighted by atomic mass is 35.5. The van der Waals surface area contributed by atoms with Gasteiger partial charge in [-0.25, -0.2) is 0 Å². The second-order valence-corrected chi connectivity index (χ2v) is 4.13. The van der Waals surface area contributed by atoms with Gasteiger partial charge in [0, 0.05) is 30.9 Å². The SMILES string of the molecule is N#CC1CN(Cc2cc(Cl)ccn2)CCO1. The van der Waals surface area contributed by atoms with Crippen LogP contribution in [-0.4, -0.2) is 35.7 Å². The molecule has 0 spiro atoms. The standard InChI is InChI=1S/C11H12ClN3O/c12-9-1-2-14-10(5-9)7-15-3-4-16-11(6-13)8-15/h1-2,5,11H,3-4,7-8H2. The van der Waals surface area contributed by atoms with Crippen molar-refractivity contribution in [1.29, 1.82) is 5.26 Å². The molecule has 0 aliphatic carbocycles. The number of pyridine rings is 1. The van der Waals surface area contributed by atoms with E-state index in [-0.39, 0.29) is 6.10 Å². The lowest BCUT2D eigenvalue weighted by atomic mass is 10.2. The number of halogens is 1. The van der Waals surface area contributed by atoms with Crippen LogP contribution in [0.3, 0.4) is 0 Å². The second-order valence-electron chi connectivity index (χ2n) is 3.69. The first-order valence-corrected chi connectivity index (χ1v) is 5.50. The Morgan fingerprint density at radius 3 is 3.31 bits per heavy atom. The van der Waals surface area contributed by atoms with Gasteiger partial charge in [-0.3, -0.25) is 9.88 Å². The Bertz CT molecular complexity index is 404. The molecule has 1 fully saturated rings. The number of ether oxygens (including phenoxy) is 1. The maximum atomic E-state index is 8.78. The summed E-state index contributed by atoms with van der Waals surface area (Å²) in [7, 11) is 0. The largest absolute Gasteiger partial charge is 0.361 e. The van der Waals surface area contributed by atoms with Crippen LogP contribution in [-0.2, 0) is 11.3 Å². The van der Waals surface area contributed by atoms with Crippen LogP contribution < -0.4 is 0 Å². The summed E-state index contributed by atoms with van der Waals surface area (Å²) in [5, 5.41) is 9.47. The van der Waals surface area contributed by atoms with Crippen molar-refractivity contribution in [2.75, 3.05) is 19.7 Å². The molecule has 0 N–H and O–H groups in total. The predicted molar refractivity (Wildman–Crippen MR) is 59.9 cm³/mol. The van der Waals surface area contributed by atoms with Gasteiger partial charge in [0.2, 0.25) is 0 Å². The lowest BCUT2D eigenvalue weighted by molar-refractivity contribution is -0.00311. The zero-order chi connectivity index (χ0) is 11.4. The van der Waals surface area contributed by atoms with Crippen LogP contribution in [0.1, 0.15) is 5.69 Å². The zero-order valence-corrected chi connectivity index (χ0v) is 9.52. The van der Waals surface area contributed by atoms with Crippen molar-refractivity contribution in [1.82, 2.24) is 9.88 Å². The van der Waals surface area contributed by atoms with Crippen molar-refractivity contribution in [3.63, 3.8) is 0 Å². The molecule has 1 unspecified atom stereocenters. The molecule has 2 rings (SSSR count). The third-order valence-corrected chi connectivity index (χ3v) is 2.69.